The highest BCUT2D eigenvalue weighted by Gasteiger charge is 2.33. The van der Waals surface area contributed by atoms with E-state index in [0.29, 0.717) is 48.8 Å². The molecule has 3 N–H and O–H groups in total. The summed E-state index contributed by atoms with van der Waals surface area (Å²) in [4.78, 5) is 27.8. The molecule has 0 spiro atoms. The Kier molecular flexibility index (Phi) is 6.95. The van der Waals surface area contributed by atoms with Crippen LogP contribution in [0.2, 0.25) is 0 Å². The minimum atomic E-state index is -0.600. The molecule has 0 saturated carbocycles. The molecule has 2 heterocycles. The average molecular weight is 459 g/mol. The van der Waals surface area contributed by atoms with E-state index < -0.39 is 18.0 Å². The van der Waals surface area contributed by atoms with Crippen LogP contribution in [0.4, 0.5) is 20.6 Å². The maximum absolute atomic E-state index is 14.7. The predicted molar refractivity (Wildman–Crippen MR) is 118 cm³/mol. The van der Waals surface area contributed by atoms with Crippen molar-refractivity contribution in [2.75, 3.05) is 49.2 Å². The van der Waals surface area contributed by atoms with Crippen molar-refractivity contribution >= 4 is 23.4 Å². The minimum absolute atomic E-state index is 0.0257. The summed E-state index contributed by atoms with van der Waals surface area (Å²) in [7, 11) is 0. The van der Waals surface area contributed by atoms with Crippen LogP contribution in [-0.2, 0) is 27.3 Å². The average Bonchev–Trinajstić information content (AvgIpc) is 3.19. The van der Waals surface area contributed by atoms with Gasteiger partial charge in [-0.05, 0) is 29.8 Å². The molecule has 0 aliphatic carbocycles. The molecule has 10 heteroatoms. The summed E-state index contributed by atoms with van der Waals surface area (Å²) in [6, 6.07) is 9.27. The van der Waals surface area contributed by atoms with Crippen molar-refractivity contribution in [2.45, 2.75) is 19.1 Å². The lowest BCUT2D eigenvalue weighted by Gasteiger charge is -2.29. The predicted octanol–water partition coefficient (Wildman–Crippen LogP) is 1.54. The molecule has 0 bridgehead atoms. The lowest BCUT2D eigenvalue weighted by molar-refractivity contribution is -0.120. The number of ether oxygens (including phenoxy) is 2. The fourth-order valence-corrected chi connectivity index (χ4v) is 3.89. The number of hydrogen-bond acceptors (Lipinski definition) is 7. The summed E-state index contributed by atoms with van der Waals surface area (Å²) in [6.07, 6.45) is -1.15. The normalized spacial score (nSPS) is 18.4. The maximum atomic E-state index is 14.7. The third kappa shape index (κ3) is 5.35. The van der Waals surface area contributed by atoms with Crippen LogP contribution in [0.1, 0.15) is 11.1 Å². The summed E-state index contributed by atoms with van der Waals surface area (Å²) < 4.78 is 25.3. The Morgan fingerprint density at radius 1 is 1.18 bits per heavy atom. The zero-order chi connectivity index (χ0) is 23.4. The number of anilines is 2. The number of aliphatic hydroxyl groups is 1. The number of aromatic hydroxyl groups is 1. The van der Waals surface area contributed by atoms with Gasteiger partial charge >= 0.3 is 6.09 Å². The molecule has 2 aromatic rings. The van der Waals surface area contributed by atoms with E-state index in [1.165, 1.54) is 17.0 Å². The van der Waals surface area contributed by atoms with E-state index in [4.69, 9.17) is 14.6 Å². The second-order valence-corrected chi connectivity index (χ2v) is 7.95. The van der Waals surface area contributed by atoms with E-state index in [0.717, 1.165) is 0 Å². The Balaban J connectivity index is 1.31. The number of nitrogens with zero attached hydrogens (tertiary/aromatic N) is 2. The number of amides is 2. The Labute approximate surface area is 190 Å². The number of phenols is 1. The summed E-state index contributed by atoms with van der Waals surface area (Å²) in [6.45, 7) is 2.30. The number of aliphatic hydroxyl groups excluding tert-OH is 1. The third-order valence-corrected chi connectivity index (χ3v) is 5.68. The molecule has 1 atom stereocenters. The molecule has 176 valence electrons. The summed E-state index contributed by atoms with van der Waals surface area (Å²) in [5.41, 5.74) is 1.83. The van der Waals surface area contributed by atoms with Crippen molar-refractivity contribution in [3.05, 3.63) is 53.3 Å². The Morgan fingerprint density at radius 3 is 2.67 bits per heavy atom. The van der Waals surface area contributed by atoms with Crippen LogP contribution >= 0.6 is 0 Å². The second-order valence-electron chi connectivity index (χ2n) is 7.95. The standard InChI is InChI=1S/C23H26FN3O6/c24-19-11-17(3-4-20(19)26-5-7-32-8-6-26)27-13-18(33-23(27)31)12-25-22(30)10-15-1-2-16(14-28)21(29)9-15/h1-4,9,11,18,28-29H,5-8,10,12-14H2,(H,25,30)/t18-/m0/s1. The van der Waals surface area contributed by atoms with Crippen molar-refractivity contribution < 1.29 is 33.7 Å². The van der Waals surface area contributed by atoms with Crippen molar-refractivity contribution in [1.82, 2.24) is 5.32 Å². The molecule has 33 heavy (non-hydrogen) atoms. The first kappa shape index (κ1) is 22.8. The van der Waals surface area contributed by atoms with Crippen LogP contribution in [0.5, 0.6) is 5.75 Å². The first-order chi connectivity index (χ1) is 15.9. The van der Waals surface area contributed by atoms with Crippen LogP contribution in [0.25, 0.3) is 0 Å². The van der Waals surface area contributed by atoms with E-state index in [1.807, 2.05) is 4.90 Å². The summed E-state index contributed by atoms with van der Waals surface area (Å²) in [5, 5.41) is 21.6. The second kappa shape index (κ2) is 10.1. The number of hydrogen-bond donors (Lipinski definition) is 3. The van der Waals surface area contributed by atoms with Gasteiger partial charge in [-0.2, -0.15) is 0 Å². The Morgan fingerprint density at radius 2 is 1.97 bits per heavy atom. The lowest BCUT2D eigenvalue weighted by atomic mass is 10.1. The molecular weight excluding hydrogens is 433 g/mol. The molecule has 2 amide bonds. The van der Waals surface area contributed by atoms with Gasteiger partial charge in [-0.3, -0.25) is 9.69 Å². The van der Waals surface area contributed by atoms with Gasteiger partial charge in [0, 0.05) is 18.7 Å². The smallest absolute Gasteiger partial charge is 0.414 e. The lowest BCUT2D eigenvalue weighted by Crippen LogP contribution is -2.37. The fourth-order valence-electron chi connectivity index (χ4n) is 3.89. The molecule has 0 aromatic heterocycles. The molecule has 0 unspecified atom stereocenters. The van der Waals surface area contributed by atoms with Gasteiger partial charge in [-0.15, -0.1) is 0 Å². The van der Waals surface area contributed by atoms with Crippen molar-refractivity contribution in [2.24, 2.45) is 0 Å². The third-order valence-electron chi connectivity index (χ3n) is 5.68. The highest BCUT2D eigenvalue weighted by Crippen LogP contribution is 2.28. The monoisotopic (exact) mass is 459 g/mol. The van der Waals surface area contributed by atoms with Gasteiger partial charge in [0.2, 0.25) is 5.91 Å². The van der Waals surface area contributed by atoms with E-state index in [-0.39, 0.29) is 37.8 Å². The molecular formula is C23H26FN3O6. The van der Waals surface area contributed by atoms with Crippen molar-refractivity contribution in [3.8, 4) is 5.75 Å². The van der Waals surface area contributed by atoms with Gasteiger partial charge in [-0.1, -0.05) is 12.1 Å². The SMILES string of the molecule is O=C(Cc1ccc(CO)c(O)c1)NC[C@H]1CN(c2ccc(N3CCOCC3)c(F)c2)C(=O)O1. The van der Waals surface area contributed by atoms with Gasteiger partial charge in [0.15, 0.2) is 0 Å². The quantitative estimate of drug-likeness (QED) is 0.576. The van der Waals surface area contributed by atoms with Gasteiger partial charge in [0.1, 0.15) is 17.7 Å². The molecule has 2 aromatic carbocycles. The van der Waals surface area contributed by atoms with Crippen LogP contribution in [0, 0.1) is 5.82 Å². The largest absolute Gasteiger partial charge is 0.508 e. The van der Waals surface area contributed by atoms with E-state index in [1.54, 1.807) is 24.3 Å². The highest BCUT2D eigenvalue weighted by atomic mass is 19.1. The molecule has 9 nitrogen and oxygen atoms in total. The number of cyclic esters (lactones) is 1. The molecule has 0 radical (unpaired) electrons. The van der Waals surface area contributed by atoms with Gasteiger partial charge in [0.05, 0.1) is 50.7 Å². The first-order valence-corrected chi connectivity index (χ1v) is 10.7. The number of morpholine rings is 1. The minimum Gasteiger partial charge on any atom is -0.508 e. The van der Waals surface area contributed by atoms with Gasteiger partial charge in [0.25, 0.3) is 0 Å². The molecule has 4 rings (SSSR count). The molecule has 2 aliphatic rings. The van der Waals surface area contributed by atoms with Crippen molar-refractivity contribution in [3.63, 3.8) is 0 Å². The van der Waals surface area contributed by atoms with E-state index in [9.17, 15) is 19.1 Å². The number of benzene rings is 2. The topological polar surface area (TPSA) is 112 Å². The number of carbonyl (C=O) groups excluding carboxylic acids is 2. The molecule has 2 fully saturated rings. The van der Waals surface area contributed by atoms with Crippen LogP contribution in [-0.4, -0.2) is 67.7 Å². The Bertz CT molecular complexity index is 1030. The number of nitrogens with one attached hydrogen (secondary N) is 1. The fraction of sp³-hybridized carbons (Fsp3) is 0.391. The van der Waals surface area contributed by atoms with Gasteiger partial charge < -0.3 is 29.9 Å². The van der Waals surface area contributed by atoms with Crippen LogP contribution in [0.15, 0.2) is 36.4 Å². The number of rotatable bonds is 7. The maximum Gasteiger partial charge on any atom is 0.414 e. The van der Waals surface area contributed by atoms with Crippen molar-refractivity contribution in [1.29, 1.82) is 0 Å². The van der Waals surface area contributed by atoms with Crippen LogP contribution in [0.3, 0.4) is 0 Å². The highest BCUT2D eigenvalue weighted by molar-refractivity contribution is 5.90. The Hall–Kier alpha value is -3.37. The van der Waals surface area contributed by atoms with E-state index >= 15 is 0 Å². The summed E-state index contributed by atoms with van der Waals surface area (Å²) in [5.74, 6) is -0.800. The zero-order valence-electron chi connectivity index (χ0n) is 18.0. The number of carbonyl (C=O) groups is 2. The summed E-state index contributed by atoms with van der Waals surface area (Å²) >= 11 is 0. The van der Waals surface area contributed by atoms with Crippen LogP contribution < -0.4 is 15.1 Å². The zero-order valence-corrected chi connectivity index (χ0v) is 18.0. The van der Waals surface area contributed by atoms with Gasteiger partial charge in [-0.25, -0.2) is 9.18 Å². The number of halogens is 1. The molecule has 2 aliphatic heterocycles. The first-order valence-electron chi connectivity index (χ1n) is 10.7. The molecule has 2 saturated heterocycles. The van der Waals surface area contributed by atoms with E-state index in [2.05, 4.69) is 5.32 Å².